The molecule has 467 valence electrons. The van der Waals surface area contributed by atoms with Gasteiger partial charge in [-0.2, -0.15) is 0 Å². The predicted octanol–water partition coefficient (Wildman–Crippen LogP) is 10.2. The number of hydrogen-bond donors (Lipinski definition) is 3. The van der Waals surface area contributed by atoms with Crippen molar-refractivity contribution in [1.29, 1.82) is 0 Å². The number of halogens is 3. The average molecular weight is 1300 g/mol. The van der Waals surface area contributed by atoms with Gasteiger partial charge < -0.3 is 45.7 Å². The quantitative estimate of drug-likeness (QED) is 0.0418. The fourth-order valence-electron chi connectivity index (χ4n) is 11.5. The van der Waals surface area contributed by atoms with Gasteiger partial charge in [-0.15, -0.1) is 0 Å². The van der Waals surface area contributed by atoms with Crippen molar-refractivity contribution in [1.82, 2.24) is 15.0 Å². The molecule has 0 bridgehead atoms. The summed E-state index contributed by atoms with van der Waals surface area (Å²) in [6, 6.07) is 49.9. The maximum absolute atomic E-state index is 12.9. The fraction of sp³-hybridized carbons (Fsp3) is 0.250. The number of ether oxygens (including phenoxy) is 3. The third-order valence-electron chi connectivity index (χ3n) is 16.2. The van der Waals surface area contributed by atoms with Crippen LogP contribution in [-0.2, 0) is 13.2 Å². The zero-order valence-corrected chi connectivity index (χ0v) is 55.9. The molecule has 0 aliphatic carbocycles. The number of carbonyl (C=O) groups is 3. The number of aryl methyl sites for hydroxylation is 3. The normalized spacial score (nSPS) is 16.0. The maximum Gasteiger partial charge on any atom is 1.00 e. The van der Waals surface area contributed by atoms with Crippen molar-refractivity contribution in [3.05, 3.63) is 264 Å². The number of hydrogen-bond acceptors (Lipinski definition) is 15. The molecule has 1 unspecified atom stereocenters. The predicted molar refractivity (Wildman–Crippen MR) is 359 cm³/mol. The summed E-state index contributed by atoms with van der Waals surface area (Å²) in [5, 5.41) is 32.2. The van der Waals surface area contributed by atoms with Crippen molar-refractivity contribution in [2.24, 2.45) is 0 Å². The molecule has 3 fully saturated rings. The first kappa shape index (κ1) is 70.3. The molecule has 3 radical (unpaired) electrons. The number of carbonyl (C=O) groups excluding carboxylic acids is 3. The smallest absolute Gasteiger partial charge is 1.00 e. The molecule has 12 rings (SSSR count). The van der Waals surface area contributed by atoms with Crippen molar-refractivity contribution in [2.45, 2.75) is 77.7 Å². The van der Waals surface area contributed by atoms with Gasteiger partial charge in [0.2, 0.25) is 17.6 Å². The first-order valence-corrected chi connectivity index (χ1v) is 30.9. The van der Waals surface area contributed by atoms with Crippen LogP contribution in [0.15, 0.2) is 182 Å². The minimum Gasteiger partial charge on any atom is -1.00 e. The van der Waals surface area contributed by atoms with Gasteiger partial charge in [0.15, 0.2) is 17.9 Å². The number of anilines is 3. The first-order chi connectivity index (χ1) is 43.7. The van der Waals surface area contributed by atoms with Crippen LogP contribution in [0, 0.1) is 20.8 Å². The molecule has 0 saturated carbocycles. The fourth-order valence-corrected chi connectivity index (χ4v) is 12.0. The summed E-state index contributed by atoms with van der Waals surface area (Å²) in [5.74, 6) is 1.18. The summed E-state index contributed by atoms with van der Waals surface area (Å²) in [5.41, 5.74) is 11.6. The Morgan fingerprint density at radius 2 is 0.924 bits per heavy atom. The van der Waals surface area contributed by atoms with Crippen molar-refractivity contribution < 1.29 is 74.9 Å². The molecule has 3 aliphatic heterocycles. The van der Waals surface area contributed by atoms with E-state index in [9.17, 15) is 29.7 Å². The number of rotatable bonds is 18. The van der Waals surface area contributed by atoms with Gasteiger partial charge in [-0.1, -0.05) is 114 Å². The molecule has 4 atom stereocenters. The minimum absolute atomic E-state index is 0. The van der Waals surface area contributed by atoms with Crippen molar-refractivity contribution in [3.63, 3.8) is 0 Å². The number of nitrogens with zero attached hydrogens (tertiary/aromatic N) is 6. The van der Waals surface area contributed by atoms with Crippen LogP contribution in [0.4, 0.5) is 17.1 Å². The van der Waals surface area contributed by atoms with Crippen LogP contribution >= 0.6 is 34.8 Å². The van der Waals surface area contributed by atoms with E-state index in [1.54, 1.807) is 79.3 Å². The van der Waals surface area contributed by atoms with E-state index in [-0.39, 0.29) is 82.5 Å². The third-order valence-corrected chi connectivity index (χ3v) is 17.1. The zero-order valence-electron chi connectivity index (χ0n) is 52.7. The van der Waals surface area contributed by atoms with Crippen molar-refractivity contribution in [3.8, 4) is 17.6 Å². The Morgan fingerprint density at radius 3 is 1.35 bits per heavy atom. The minimum atomic E-state index is -0.730. The third kappa shape index (κ3) is 17.2. The Kier molecular flexibility index (Phi) is 25.4. The topological polar surface area (TPSA) is 188 Å². The van der Waals surface area contributed by atoms with E-state index < -0.39 is 6.10 Å². The van der Waals surface area contributed by atoms with Gasteiger partial charge >= 0.3 is 29.6 Å². The van der Waals surface area contributed by atoms with Crippen molar-refractivity contribution >= 4 is 78.1 Å². The van der Waals surface area contributed by atoms with E-state index in [2.05, 4.69) is 29.7 Å². The molecular weight excluding hydrogens is 1230 g/mol. The molecule has 3 saturated heterocycles. The monoisotopic (exact) mass is 1300 g/mol. The van der Waals surface area contributed by atoms with E-state index in [0.29, 0.717) is 80.2 Å². The van der Waals surface area contributed by atoms with Crippen LogP contribution in [0.1, 0.15) is 108 Å². The van der Waals surface area contributed by atoms with Crippen LogP contribution in [0.5, 0.6) is 17.6 Å². The summed E-state index contributed by atoms with van der Waals surface area (Å²) in [6.45, 7) is 9.85. The van der Waals surface area contributed by atoms with Gasteiger partial charge in [0, 0.05) is 122 Å². The molecular formula is C72H70BCl3N6NaO9. The summed E-state index contributed by atoms with van der Waals surface area (Å²) in [4.78, 5) is 56.6. The molecule has 15 nitrogen and oxygen atoms in total. The molecule has 6 aromatic carbocycles. The largest absolute Gasteiger partial charge is 1.00 e. The van der Waals surface area contributed by atoms with Gasteiger partial charge in [0.05, 0.1) is 32.8 Å². The molecule has 20 heteroatoms. The summed E-state index contributed by atoms with van der Waals surface area (Å²) >= 11 is 18.4. The maximum atomic E-state index is 12.9. The van der Waals surface area contributed by atoms with Crippen LogP contribution in [0.25, 0.3) is 0 Å². The van der Waals surface area contributed by atoms with Gasteiger partial charge in [0.1, 0.15) is 39.5 Å². The number of aliphatic hydroxyl groups is 3. The van der Waals surface area contributed by atoms with Gasteiger partial charge in [-0.05, 0) is 134 Å². The Hall–Kier alpha value is -7.61. The molecule has 6 heterocycles. The van der Waals surface area contributed by atoms with Crippen LogP contribution < -0.4 is 58.5 Å². The first-order valence-electron chi connectivity index (χ1n) is 29.8. The average Bonchev–Trinajstić information content (AvgIpc) is 1.87. The van der Waals surface area contributed by atoms with Crippen LogP contribution in [0.3, 0.4) is 0 Å². The SMILES string of the molecule is Cc1ccccc1C(=O)c1ccc(N2CC[C@H](Oc3ncccc3Cl)C2)c(C=O)c1.Cc1ccccc1C(=O)c1ccc(N2CC[C@H](Oc3ncccc3Cl)C2)c(CO)c1.Cc1ccccc1C(O)c1ccc(N2CC[C@H](Oc3ncccc3Cl)C2)c(CO)c1.[B].[H-].[Na+]. The Morgan fingerprint density at radius 1 is 0.533 bits per heavy atom. The molecule has 92 heavy (non-hydrogen) atoms. The molecule has 3 N–H and O–H groups in total. The van der Waals surface area contributed by atoms with Crippen LogP contribution in [-0.4, -0.2) is 114 Å². The van der Waals surface area contributed by atoms with Gasteiger partial charge in [-0.3, -0.25) is 14.4 Å². The number of aromatic nitrogens is 3. The summed E-state index contributed by atoms with van der Waals surface area (Å²) in [7, 11) is 0. The number of ketones is 2. The molecule has 0 spiro atoms. The number of pyridine rings is 3. The molecule has 3 aromatic heterocycles. The van der Waals surface area contributed by atoms with E-state index in [4.69, 9.17) is 49.0 Å². The van der Waals surface area contributed by atoms with E-state index in [1.807, 2.05) is 124 Å². The number of aliphatic hydroxyl groups excluding tert-OH is 3. The second-order valence-electron chi connectivity index (χ2n) is 22.3. The van der Waals surface area contributed by atoms with E-state index in [1.165, 1.54) is 0 Å². The van der Waals surface area contributed by atoms with Crippen LogP contribution in [0.2, 0.25) is 15.1 Å². The van der Waals surface area contributed by atoms with Gasteiger partial charge in [-0.25, -0.2) is 15.0 Å². The number of aldehydes is 1. The molecule has 0 amide bonds. The van der Waals surface area contributed by atoms with Gasteiger partial charge in [0.25, 0.3) is 0 Å². The van der Waals surface area contributed by atoms with E-state index >= 15 is 0 Å². The summed E-state index contributed by atoms with van der Waals surface area (Å²) in [6.07, 6.45) is 7.33. The standard InChI is InChI=1S/C24H25ClN2O3.C24H23ClN2O3.C24H21ClN2O3.B.Na.H/c3*1-16-5-2-3-6-20(16)23(29)17-8-9-22(18(13-17)15-28)27-12-10-19(14-27)30-24-21(25)7-4-11-26-24;;;/h2-9,11,13,19,23,28-29H,10,12,14-15H2,1H3;2-9,11,13,19,28H,10,12,14-15H2,1H3;2-9,11,13,15,19H,10,12,14H2,1H3;;;/q;;;;+1;-1/t19-,23?;2*19-;;;/m000.../s1. The Bertz CT molecular complexity index is 4030. The number of benzene rings is 6. The second-order valence-corrected chi connectivity index (χ2v) is 23.5. The Balaban J connectivity index is 0.000000194. The van der Waals surface area contributed by atoms with Crippen molar-refractivity contribution in [2.75, 3.05) is 54.0 Å². The summed E-state index contributed by atoms with van der Waals surface area (Å²) < 4.78 is 17.9. The Labute approximate surface area is 577 Å². The molecule has 9 aromatic rings. The second kappa shape index (κ2) is 33.3. The zero-order chi connectivity index (χ0) is 63.3. The van der Waals surface area contributed by atoms with E-state index in [0.717, 1.165) is 101 Å². The molecule has 3 aliphatic rings.